The maximum atomic E-state index is 11.2. The van der Waals surface area contributed by atoms with Gasteiger partial charge in [0.1, 0.15) is 10.6 Å². The third kappa shape index (κ3) is 4.50. The van der Waals surface area contributed by atoms with Gasteiger partial charge in [0, 0.05) is 19.8 Å². The SMILES string of the molecule is CC(C)COCCCNc1snc(N)c1C(N)=O. The minimum absolute atomic E-state index is 0.186. The van der Waals surface area contributed by atoms with Crippen LogP contribution >= 0.6 is 11.5 Å². The molecule has 1 aromatic rings. The van der Waals surface area contributed by atoms with Gasteiger partial charge in [0.2, 0.25) is 0 Å². The zero-order chi connectivity index (χ0) is 13.5. The molecule has 5 N–H and O–H groups in total. The van der Waals surface area contributed by atoms with Crippen molar-refractivity contribution in [1.29, 1.82) is 0 Å². The van der Waals surface area contributed by atoms with Crippen molar-refractivity contribution in [2.24, 2.45) is 11.7 Å². The number of amides is 1. The van der Waals surface area contributed by atoms with Gasteiger partial charge in [0.25, 0.3) is 5.91 Å². The van der Waals surface area contributed by atoms with E-state index in [2.05, 4.69) is 23.5 Å². The number of nitrogen functional groups attached to an aromatic ring is 1. The van der Waals surface area contributed by atoms with E-state index in [0.29, 0.717) is 24.1 Å². The highest BCUT2D eigenvalue weighted by molar-refractivity contribution is 7.11. The summed E-state index contributed by atoms with van der Waals surface area (Å²) in [6.07, 6.45) is 0.850. The highest BCUT2D eigenvalue weighted by Crippen LogP contribution is 2.25. The van der Waals surface area contributed by atoms with Crippen LogP contribution in [0.2, 0.25) is 0 Å². The first-order valence-corrected chi connectivity index (χ1v) is 6.66. The molecule has 0 radical (unpaired) electrons. The van der Waals surface area contributed by atoms with Crippen molar-refractivity contribution in [2.75, 3.05) is 30.8 Å². The molecule has 1 rings (SSSR count). The van der Waals surface area contributed by atoms with Crippen LogP contribution in [-0.4, -0.2) is 30.0 Å². The van der Waals surface area contributed by atoms with Gasteiger partial charge in [-0.15, -0.1) is 0 Å². The Balaban J connectivity index is 2.29. The number of nitrogens with one attached hydrogen (secondary N) is 1. The quantitative estimate of drug-likeness (QED) is 0.619. The molecule has 0 spiro atoms. The summed E-state index contributed by atoms with van der Waals surface area (Å²) < 4.78 is 9.35. The summed E-state index contributed by atoms with van der Waals surface area (Å²) >= 11 is 1.15. The Hall–Kier alpha value is -1.34. The number of ether oxygens (including phenoxy) is 1. The zero-order valence-corrected chi connectivity index (χ0v) is 11.5. The minimum Gasteiger partial charge on any atom is -0.382 e. The van der Waals surface area contributed by atoms with Crippen LogP contribution in [0, 0.1) is 5.92 Å². The molecule has 1 heterocycles. The highest BCUT2D eigenvalue weighted by atomic mass is 32.1. The van der Waals surface area contributed by atoms with Crippen LogP contribution in [0.3, 0.4) is 0 Å². The number of hydrogen-bond acceptors (Lipinski definition) is 6. The highest BCUT2D eigenvalue weighted by Gasteiger charge is 2.15. The van der Waals surface area contributed by atoms with Crippen LogP contribution in [0.15, 0.2) is 0 Å². The summed E-state index contributed by atoms with van der Waals surface area (Å²) in [5.41, 5.74) is 11.1. The Bertz CT molecular complexity index is 392. The number of nitrogens with two attached hydrogens (primary N) is 2. The molecule has 1 aromatic heterocycles. The van der Waals surface area contributed by atoms with E-state index in [9.17, 15) is 4.79 Å². The second-order valence-corrected chi connectivity index (χ2v) is 5.16. The summed E-state index contributed by atoms with van der Waals surface area (Å²) in [7, 11) is 0. The van der Waals surface area contributed by atoms with Crippen LogP contribution < -0.4 is 16.8 Å². The molecule has 18 heavy (non-hydrogen) atoms. The Labute approximate surface area is 111 Å². The van der Waals surface area contributed by atoms with E-state index in [1.807, 2.05) is 0 Å². The first kappa shape index (κ1) is 14.7. The molecule has 6 nitrogen and oxygen atoms in total. The van der Waals surface area contributed by atoms with Gasteiger partial charge in [0.05, 0.1) is 0 Å². The van der Waals surface area contributed by atoms with Crippen LogP contribution in [0.5, 0.6) is 0 Å². The number of nitrogens with zero attached hydrogens (tertiary/aromatic N) is 1. The normalized spacial score (nSPS) is 10.8. The summed E-state index contributed by atoms with van der Waals surface area (Å²) in [4.78, 5) is 11.2. The van der Waals surface area contributed by atoms with E-state index >= 15 is 0 Å². The summed E-state index contributed by atoms with van der Waals surface area (Å²) in [5.74, 6) is 0.173. The van der Waals surface area contributed by atoms with Gasteiger partial charge in [-0.3, -0.25) is 4.79 Å². The molecule has 102 valence electrons. The van der Waals surface area contributed by atoms with E-state index in [0.717, 1.165) is 24.6 Å². The van der Waals surface area contributed by atoms with E-state index in [4.69, 9.17) is 16.2 Å². The predicted molar refractivity (Wildman–Crippen MR) is 73.8 cm³/mol. The molecule has 7 heteroatoms. The second-order valence-electron chi connectivity index (χ2n) is 4.39. The van der Waals surface area contributed by atoms with E-state index < -0.39 is 5.91 Å². The lowest BCUT2D eigenvalue weighted by atomic mass is 10.2. The standard InChI is InChI=1S/C11H20N4O2S/c1-7(2)6-17-5-3-4-14-11-8(10(13)16)9(12)15-18-11/h7,14H,3-6H2,1-2H3,(H2,12,15)(H2,13,16). The van der Waals surface area contributed by atoms with Crippen molar-refractivity contribution in [3.8, 4) is 0 Å². The molecule has 0 fully saturated rings. The largest absolute Gasteiger partial charge is 0.382 e. The van der Waals surface area contributed by atoms with Crippen LogP contribution in [0.25, 0.3) is 0 Å². The number of rotatable bonds is 8. The predicted octanol–water partition coefficient (Wildman–Crippen LogP) is 1.30. The number of aromatic nitrogens is 1. The number of hydrogen-bond donors (Lipinski definition) is 3. The van der Waals surface area contributed by atoms with Gasteiger partial charge in [-0.05, 0) is 23.9 Å². The molecular weight excluding hydrogens is 252 g/mol. The zero-order valence-electron chi connectivity index (χ0n) is 10.7. The van der Waals surface area contributed by atoms with Gasteiger partial charge < -0.3 is 21.5 Å². The van der Waals surface area contributed by atoms with Gasteiger partial charge in [-0.1, -0.05) is 13.8 Å². The van der Waals surface area contributed by atoms with Crippen molar-refractivity contribution in [1.82, 2.24) is 4.37 Å². The molecular formula is C11H20N4O2S. The lowest BCUT2D eigenvalue weighted by molar-refractivity contribution is 0.100. The van der Waals surface area contributed by atoms with E-state index in [1.165, 1.54) is 0 Å². The lowest BCUT2D eigenvalue weighted by Gasteiger charge is -2.07. The molecule has 0 unspecified atom stereocenters. The first-order chi connectivity index (χ1) is 8.52. The number of carbonyl (C=O) groups is 1. The summed E-state index contributed by atoms with van der Waals surface area (Å²) in [5, 5.41) is 3.73. The van der Waals surface area contributed by atoms with Crippen LogP contribution in [-0.2, 0) is 4.74 Å². The Morgan fingerprint density at radius 2 is 2.28 bits per heavy atom. The van der Waals surface area contributed by atoms with Crippen molar-refractivity contribution in [2.45, 2.75) is 20.3 Å². The van der Waals surface area contributed by atoms with E-state index in [-0.39, 0.29) is 11.4 Å². The fourth-order valence-electron chi connectivity index (χ4n) is 1.36. The van der Waals surface area contributed by atoms with E-state index in [1.54, 1.807) is 0 Å². The van der Waals surface area contributed by atoms with Crippen molar-refractivity contribution in [3.63, 3.8) is 0 Å². The number of anilines is 2. The Morgan fingerprint density at radius 1 is 1.56 bits per heavy atom. The average molecular weight is 272 g/mol. The molecule has 0 aliphatic carbocycles. The third-order valence-electron chi connectivity index (χ3n) is 2.17. The van der Waals surface area contributed by atoms with Crippen molar-refractivity contribution in [3.05, 3.63) is 5.56 Å². The van der Waals surface area contributed by atoms with Gasteiger partial charge >= 0.3 is 0 Å². The van der Waals surface area contributed by atoms with Gasteiger partial charge in [-0.25, -0.2) is 0 Å². The second kappa shape index (κ2) is 7.17. The minimum atomic E-state index is -0.556. The van der Waals surface area contributed by atoms with Gasteiger partial charge in [0.15, 0.2) is 5.82 Å². The first-order valence-electron chi connectivity index (χ1n) is 5.89. The molecule has 0 aliphatic rings. The number of carbonyl (C=O) groups excluding carboxylic acids is 1. The van der Waals surface area contributed by atoms with Gasteiger partial charge in [-0.2, -0.15) is 4.37 Å². The molecule has 0 saturated heterocycles. The average Bonchev–Trinajstić information content (AvgIpc) is 2.64. The monoisotopic (exact) mass is 272 g/mol. The summed E-state index contributed by atoms with van der Waals surface area (Å²) in [6, 6.07) is 0. The lowest BCUT2D eigenvalue weighted by Crippen LogP contribution is -2.15. The Morgan fingerprint density at radius 3 is 2.89 bits per heavy atom. The Kier molecular flexibility index (Phi) is 5.87. The fourth-order valence-corrected chi connectivity index (χ4v) is 2.10. The van der Waals surface area contributed by atoms with Crippen LogP contribution in [0.4, 0.5) is 10.8 Å². The molecule has 0 aromatic carbocycles. The maximum absolute atomic E-state index is 11.2. The maximum Gasteiger partial charge on any atom is 0.255 e. The van der Waals surface area contributed by atoms with Crippen molar-refractivity contribution < 1.29 is 9.53 Å². The topological polar surface area (TPSA) is 103 Å². The molecule has 0 saturated carbocycles. The molecule has 0 bridgehead atoms. The molecule has 0 atom stereocenters. The third-order valence-corrected chi connectivity index (χ3v) is 2.99. The van der Waals surface area contributed by atoms with Crippen LogP contribution in [0.1, 0.15) is 30.6 Å². The molecule has 0 aliphatic heterocycles. The van der Waals surface area contributed by atoms with Crippen molar-refractivity contribution >= 4 is 28.3 Å². The number of primary amides is 1. The fraction of sp³-hybridized carbons (Fsp3) is 0.636. The molecule has 1 amide bonds. The smallest absolute Gasteiger partial charge is 0.255 e. The summed E-state index contributed by atoms with van der Waals surface area (Å²) in [6.45, 7) is 6.36.